The van der Waals surface area contributed by atoms with Gasteiger partial charge in [-0.05, 0) is 64.1 Å². The topological polar surface area (TPSA) is 62.6 Å². The van der Waals surface area contributed by atoms with Crippen LogP contribution in [0.3, 0.4) is 0 Å². The number of aryl methyl sites for hydroxylation is 1. The van der Waals surface area contributed by atoms with Crippen molar-refractivity contribution in [3.63, 3.8) is 0 Å². The Labute approximate surface area is 191 Å². The van der Waals surface area contributed by atoms with Gasteiger partial charge in [-0.3, -0.25) is 0 Å². The van der Waals surface area contributed by atoms with E-state index in [4.69, 9.17) is 25.8 Å². The Morgan fingerprint density at radius 2 is 1.74 bits per heavy atom. The van der Waals surface area contributed by atoms with Crippen molar-refractivity contribution in [2.75, 3.05) is 14.2 Å². The van der Waals surface area contributed by atoms with Gasteiger partial charge in [-0.25, -0.2) is 9.48 Å². The summed E-state index contributed by atoms with van der Waals surface area (Å²) in [5, 5.41) is 5.31. The lowest BCUT2D eigenvalue weighted by Gasteiger charge is -2.22. The summed E-state index contributed by atoms with van der Waals surface area (Å²) in [5.41, 5.74) is 0.622. The van der Waals surface area contributed by atoms with E-state index in [2.05, 4.69) is 5.10 Å². The summed E-state index contributed by atoms with van der Waals surface area (Å²) in [6.07, 6.45) is 0. The molecule has 0 aliphatic heterocycles. The minimum absolute atomic E-state index is 0.267. The molecule has 0 bridgehead atoms. The van der Waals surface area contributed by atoms with Crippen LogP contribution in [0, 0.1) is 6.92 Å². The van der Waals surface area contributed by atoms with Crippen LogP contribution in [0.4, 0.5) is 0 Å². The molecule has 31 heavy (non-hydrogen) atoms. The highest BCUT2D eigenvalue weighted by molar-refractivity contribution is 7.99. The summed E-state index contributed by atoms with van der Waals surface area (Å²) in [4.78, 5) is 14.9. The molecule has 0 saturated carbocycles. The molecule has 1 aromatic heterocycles. The first kappa shape index (κ1) is 23.0. The third-order valence-corrected chi connectivity index (χ3v) is 5.88. The summed E-state index contributed by atoms with van der Waals surface area (Å²) in [5.74, 6) is 0.590. The van der Waals surface area contributed by atoms with Gasteiger partial charge in [-0.15, -0.1) is 0 Å². The summed E-state index contributed by atoms with van der Waals surface area (Å²) >= 11 is 7.48. The van der Waals surface area contributed by atoms with Crippen molar-refractivity contribution in [1.29, 1.82) is 0 Å². The van der Waals surface area contributed by atoms with Crippen LogP contribution in [-0.4, -0.2) is 30.0 Å². The van der Waals surface area contributed by atoms with Gasteiger partial charge in [-0.1, -0.05) is 29.4 Å². The molecule has 0 aliphatic carbocycles. The van der Waals surface area contributed by atoms with E-state index in [-0.39, 0.29) is 5.56 Å². The molecule has 0 atom stereocenters. The van der Waals surface area contributed by atoms with Crippen molar-refractivity contribution in [2.24, 2.45) is 0 Å². The maximum absolute atomic E-state index is 13.2. The Morgan fingerprint density at radius 3 is 2.32 bits per heavy atom. The first-order valence-electron chi connectivity index (χ1n) is 9.62. The van der Waals surface area contributed by atoms with Gasteiger partial charge < -0.3 is 14.2 Å². The zero-order valence-electron chi connectivity index (χ0n) is 18.4. The molecular weight excluding hydrogens is 436 g/mol. The second-order valence-electron chi connectivity index (χ2n) is 7.79. The maximum Gasteiger partial charge on any atom is 0.348 e. The molecule has 6 nitrogen and oxygen atoms in total. The van der Waals surface area contributed by atoms with Crippen LogP contribution < -0.4 is 14.2 Å². The predicted octanol–water partition coefficient (Wildman–Crippen LogP) is 5.99. The van der Waals surface area contributed by atoms with E-state index in [1.807, 2.05) is 52.0 Å². The van der Waals surface area contributed by atoms with Crippen molar-refractivity contribution in [2.45, 2.75) is 43.0 Å². The van der Waals surface area contributed by atoms with Crippen LogP contribution in [-0.2, 0) is 5.54 Å². The fourth-order valence-corrected chi connectivity index (χ4v) is 4.00. The van der Waals surface area contributed by atoms with Crippen LogP contribution in [0.25, 0.3) is 0 Å². The van der Waals surface area contributed by atoms with Gasteiger partial charge in [0.25, 0.3) is 0 Å². The lowest BCUT2D eigenvalue weighted by Crippen LogP contribution is -2.25. The van der Waals surface area contributed by atoms with Gasteiger partial charge in [0.05, 0.1) is 30.3 Å². The highest BCUT2D eigenvalue weighted by Gasteiger charge is 2.29. The quantitative estimate of drug-likeness (QED) is 0.421. The van der Waals surface area contributed by atoms with Crippen LogP contribution in [0.15, 0.2) is 52.3 Å². The summed E-state index contributed by atoms with van der Waals surface area (Å²) in [7, 11) is 3.01. The number of methoxy groups -OCH3 is 2. The number of ether oxygens (including phenoxy) is 3. The van der Waals surface area contributed by atoms with Crippen molar-refractivity contribution in [3.8, 4) is 17.4 Å². The molecule has 3 rings (SSSR count). The Bertz CT molecular complexity index is 1090. The van der Waals surface area contributed by atoms with Crippen molar-refractivity contribution < 1.29 is 19.0 Å². The molecule has 0 fully saturated rings. The van der Waals surface area contributed by atoms with Crippen molar-refractivity contribution in [3.05, 3.63) is 58.7 Å². The van der Waals surface area contributed by atoms with E-state index in [1.54, 1.807) is 22.9 Å². The number of nitrogens with zero attached hydrogens (tertiary/aromatic N) is 2. The molecule has 8 heteroatoms. The highest BCUT2D eigenvalue weighted by Crippen LogP contribution is 2.41. The number of rotatable bonds is 6. The number of benzene rings is 2. The third-order valence-electron chi connectivity index (χ3n) is 4.45. The number of aromatic nitrogens is 2. The van der Waals surface area contributed by atoms with Crippen molar-refractivity contribution in [1.82, 2.24) is 9.78 Å². The van der Waals surface area contributed by atoms with Crippen LogP contribution in [0.2, 0.25) is 5.02 Å². The minimum atomic E-state index is -0.556. The Kier molecular flexibility index (Phi) is 6.86. The Balaban J connectivity index is 2.05. The normalized spacial score (nSPS) is 11.3. The fourth-order valence-electron chi connectivity index (χ4n) is 2.96. The number of hydrogen-bond donors (Lipinski definition) is 0. The standard InChI is InChI=1S/C23H25ClN2O4S/c1-14-20(31-16-12-10-15(24)11-13-16)21(26(25-14)23(2,3)4)30-22(27)17-8-7-9-18(28-5)19(17)29-6/h7-13H,1-6H3. The van der Waals surface area contributed by atoms with E-state index >= 15 is 0 Å². The van der Waals surface area contributed by atoms with Crippen LogP contribution in [0.5, 0.6) is 17.4 Å². The number of esters is 1. The van der Waals surface area contributed by atoms with Gasteiger partial charge in [0.2, 0.25) is 5.88 Å². The first-order chi connectivity index (χ1) is 14.7. The molecule has 0 aliphatic rings. The number of carbonyl (C=O) groups is 1. The SMILES string of the molecule is COc1cccc(C(=O)Oc2c(Sc3ccc(Cl)cc3)c(C)nn2C(C)(C)C)c1OC. The van der Waals surface area contributed by atoms with Crippen molar-refractivity contribution >= 4 is 29.3 Å². The average Bonchev–Trinajstić information content (AvgIpc) is 3.04. The molecule has 0 unspecified atom stereocenters. The molecule has 2 aromatic carbocycles. The second-order valence-corrected chi connectivity index (χ2v) is 9.31. The largest absolute Gasteiger partial charge is 0.493 e. The third kappa shape index (κ3) is 4.99. The van der Waals surface area contributed by atoms with E-state index < -0.39 is 11.5 Å². The number of para-hydroxylation sites is 1. The molecule has 0 N–H and O–H groups in total. The van der Waals surface area contributed by atoms with Gasteiger partial charge in [0.15, 0.2) is 11.5 Å². The number of carbonyl (C=O) groups excluding carboxylic acids is 1. The van der Waals surface area contributed by atoms with E-state index in [0.29, 0.717) is 22.4 Å². The molecule has 164 valence electrons. The molecule has 0 saturated heterocycles. The predicted molar refractivity (Wildman–Crippen MR) is 122 cm³/mol. The summed E-state index contributed by atoms with van der Waals surface area (Å²) in [6, 6.07) is 12.5. The minimum Gasteiger partial charge on any atom is -0.493 e. The van der Waals surface area contributed by atoms with E-state index in [1.165, 1.54) is 26.0 Å². The summed E-state index contributed by atoms with van der Waals surface area (Å²) in [6.45, 7) is 7.89. The smallest absolute Gasteiger partial charge is 0.348 e. The van der Waals surface area contributed by atoms with Gasteiger partial charge >= 0.3 is 5.97 Å². The monoisotopic (exact) mass is 460 g/mol. The fraction of sp³-hybridized carbons (Fsp3) is 0.304. The van der Waals surface area contributed by atoms with Gasteiger partial charge in [0, 0.05) is 9.92 Å². The number of hydrogen-bond acceptors (Lipinski definition) is 6. The second kappa shape index (κ2) is 9.24. The molecule has 0 spiro atoms. The summed E-state index contributed by atoms with van der Waals surface area (Å²) < 4.78 is 18.4. The molecule has 1 heterocycles. The zero-order valence-corrected chi connectivity index (χ0v) is 19.9. The lowest BCUT2D eigenvalue weighted by atomic mass is 10.1. The van der Waals surface area contributed by atoms with Crippen LogP contribution >= 0.6 is 23.4 Å². The lowest BCUT2D eigenvalue weighted by molar-refractivity contribution is 0.0699. The molecule has 0 amide bonds. The molecule has 3 aromatic rings. The van der Waals surface area contributed by atoms with E-state index in [0.717, 1.165) is 15.5 Å². The zero-order chi connectivity index (χ0) is 22.8. The molecule has 0 radical (unpaired) electrons. The number of halogens is 1. The highest BCUT2D eigenvalue weighted by atomic mass is 35.5. The van der Waals surface area contributed by atoms with Gasteiger partial charge in [-0.2, -0.15) is 5.10 Å². The molecular formula is C23H25ClN2O4S. The maximum atomic E-state index is 13.2. The Morgan fingerprint density at radius 1 is 1.06 bits per heavy atom. The van der Waals surface area contributed by atoms with E-state index in [9.17, 15) is 4.79 Å². The average molecular weight is 461 g/mol. The first-order valence-corrected chi connectivity index (χ1v) is 10.8. The van der Waals surface area contributed by atoms with Gasteiger partial charge in [0.1, 0.15) is 5.56 Å². The Hall–Kier alpha value is -2.64. The van der Waals surface area contributed by atoms with Crippen LogP contribution in [0.1, 0.15) is 36.8 Å².